The number of hydrogen-bond acceptors (Lipinski definition) is 2. The molecule has 2 nitrogen and oxygen atoms in total. The molecule has 0 heterocycles. The highest BCUT2D eigenvalue weighted by atomic mass is 16.5. The van der Waals surface area contributed by atoms with Gasteiger partial charge < -0.3 is 9.84 Å². The molecule has 2 rings (SSSR count). The van der Waals surface area contributed by atoms with Gasteiger partial charge in [-0.3, -0.25) is 0 Å². The second-order valence-corrected chi connectivity index (χ2v) is 4.26. The van der Waals surface area contributed by atoms with Crippen molar-refractivity contribution in [2.75, 3.05) is 7.11 Å². The van der Waals surface area contributed by atoms with E-state index in [0.717, 1.165) is 24.2 Å². The average Bonchev–Trinajstić information content (AvgIpc) is 2.82. The second-order valence-electron chi connectivity index (χ2n) is 4.26. The lowest BCUT2D eigenvalue weighted by Gasteiger charge is -2.18. The Morgan fingerprint density at radius 1 is 1.20 bits per heavy atom. The largest absolute Gasteiger partial charge is 0.497 e. The molecule has 1 fully saturated rings. The molecule has 0 aliphatic heterocycles. The maximum absolute atomic E-state index is 10.1. The van der Waals surface area contributed by atoms with E-state index in [9.17, 15) is 5.11 Å². The zero-order valence-electron chi connectivity index (χ0n) is 9.15. The number of hydrogen-bond donors (Lipinski definition) is 1. The minimum absolute atomic E-state index is 0.293. The molecule has 1 unspecified atom stereocenters. The standard InChI is InChI=1S/C13H18O2/c1-15-12-8-6-11(7-9-12)13(14)10-4-2-3-5-10/h6-10,13-14H,2-5H2,1H3. The van der Waals surface area contributed by atoms with Crippen molar-refractivity contribution >= 4 is 0 Å². The molecule has 0 radical (unpaired) electrons. The summed E-state index contributed by atoms with van der Waals surface area (Å²) in [6, 6.07) is 7.74. The fourth-order valence-corrected chi connectivity index (χ4v) is 2.35. The van der Waals surface area contributed by atoms with Crippen molar-refractivity contribution in [2.45, 2.75) is 31.8 Å². The number of benzene rings is 1. The Hall–Kier alpha value is -1.02. The van der Waals surface area contributed by atoms with E-state index in [1.165, 1.54) is 12.8 Å². The van der Waals surface area contributed by atoms with Gasteiger partial charge in [0.2, 0.25) is 0 Å². The van der Waals surface area contributed by atoms with Crippen LogP contribution in [0.5, 0.6) is 5.75 Å². The van der Waals surface area contributed by atoms with Crippen LogP contribution in [-0.2, 0) is 0 Å². The van der Waals surface area contributed by atoms with Crippen LogP contribution in [0.15, 0.2) is 24.3 Å². The van der Waals surface area contributed by atoms with E-state index in [-0.39, 0.29) is 6.10 Å². The van der Waals surface area contributed by atoms with E-state index in [2.05, 4.69) is 0 Å². The lowest BCUT2D eigenvalue weighted by atomic mass is 9.94. The van der Waals surface area contributed by atoms with Gasteiger partial charge in [-0.25, -0.2) is 0 Å². The molecule has 0 amide bonds. The van der Waals surface area contributed by atoms with E-state index >= 15 is 0 Å². The Balaban J connectivity index is 2.07. The van der Waals surface area contributed by atoms with Crippen molar-refractivity contribution in [1.29, 1.82) is 0 Å². The Morgan fingerprint density at radius 3 is 2.33 bits per heavy atom. The van der Waals surface area contributed by atoms with Gasteiger partial charge in [-0.1, -0.05) is 25.0 Å². The maximum atomic E-state index is 10.1. The smallest absolute Gasteiger partial charge is 0.118 e. The number of aliphatic hydroxyl groups excluding tert-OH is 1. The molecule has 1 aliphatic rings. The van der Waals surface area contributed by atoms with Crippen molar-refractivity contribution in [3.05, 3.63) is 29.8 Å². The van der Waals surface area contributed by atoms with E-state index in [4.69, 9.17) is 4.74 Å². The molecule has 0 spiro atoms. The molecule has 1 N–H and O–H groups in total. The summed E-state index contributed by atoms with van der Waals surface area (Å²) >= 11 is 0. The summed E-state index contributed by atoms with van der Waals surface area (Å²) in [5.41, 5.74) is 1.02. The van der Waals surface area contributed by atoms with Crippen LogP contribution in [0, 0.1) is 5.92 Å². The number of methoxy groups -OCH3 is 1. The molecule has 1 aromatic rings. The van der Waals surface area contributed by atoms with Gasteiger partial charge in [0.1, 0.15) is 5.75 Å². The highest BCUT2D eigenvalue weighted by Crippen LogP contribution is 2.35. The first kappa shape index (κ1) is 10.5. The minimum atomic E-state index is -0.293. The predicted octanol–water partition coefficient (Wildman–Crippen LogP) is 2.92. The van der Waals surface area contributed by atoms with Gasteiger partial charge in [0.05, 0.1) is 13.2 Å². The van der Waals surface area contributed by atoms with Crippen LogP contribution < -0.4 is 4.74 Å². The van der Waals surface area contributed by atoms with Gasteiger partial charge in [-0.05, 0) is 36.5 Å². The van der Waals surface area contributed by atoms with Crippen LogP contribution in [0.2, 0.25) is 0 Å². The SMILES string of the molecule is COc1ccc(C(O)C2CCCC2)cc1. The van der Waals surface area contributed by atoms with Gasteiger partial charge in [-0.15, -0.1) is 0 Å². The Bertz CT molecular complexity index is 299. The second kappa shape index (κ2) is 4.67. The summed E-state index contributed by atoms with van der Waals surface area (Å²) in [4.78, 5) is 0. The monoisotopic (exact) mass is 206 g/mol. The number of ether oxygens (including phenoxy) is 1. The van der Waals surface area contributed by atoms with Crippen LogP contribution in [0.3, 0.4) is 0 Å². The summed E-state index contributed by atoms with van der Waals surface area (Å²) < 4.78 is 5.09. The van der Waals surface area contributed by atoms with Crippen LogP contribution in [0.1, 0.15) is 37.4 Å². The summed E-state index contributed by atoms with van der Waals surface area (Å²) in [6.45, 7) is 0. The van der Waals surface area contributed by atoms with Crippen LogP contribution in [0.25, 0.3) is 0 Å². The zero-order valence-corrected chi connectivity index (χ0v) is 9.15. The van der Waals surface area contributed by atoms with E-state index in [1.807, 2.05) is 24.3 Å². The van der Waals surface area contributed by atoms with Crippen LogP contribution >= 0.6 is 0 Å². The van der Waals surface area contributed by atoms with Crippen molar-refractivity contribution in [3.63, 3.8) is 0 Å². The molecule has 1 aliphatic carbocycles. The Labute approximate surface area is 90.9 Å². The minimum Gasteiger partial charge on any atom is -0.497 e. The molecule has 1 atom stereocenters. The fourth-order valence-electron chi connectivity index (χ4n) is 2.35. The first-order chi connectivity index (χ1) is 7.31. The molecule has 82 valence electrons. The topological polar surface area (TPSA) is 29.5 Å². The normalized spacial score (nSPS) is 19.1. The molecular formula is C13H18O2. The summed E-state index contributed by atoms with van der Waals surface area (Å²) in [7, 11) is 1.66. The molecule has 0 bridgehead atoms. The zero-order chi connectivity index (χ0) is 10.7. The average molecular weight is 206 g/mol. The van der Waals surface area contributed by atoms with Crippen molar-refractivity contribution in [3.8, 4) is 5.75 Å². The molecule has 1 aromatic carbocycles. The van der Waals surface area contributed by atoms with Crippen molar-refractivity contribution in [1.82, 2.24) is 0 Å². The fraction of sp³-hybridized carbons (Fsp3) is 0.538. The predicted molar refractivity (Wildman–Crippen MR) is 59.9 cm³/mol. The lowest BCUT2D eigenvalue weighted by Crippen LogP contribution is -2.08. The van der Waals surface area contributed by atoms with E-state index in [0.29, 0.717) is 5.92 Å². The highest BCUT2D eigenvalue weighted by molar-refractivity contribution is 5.28. The molecule has 0 saturated heterocycles. The van der Waals surface area contributed by atoms with Crippen molar-refractivity contribution in [2.24, 2.45) is 5.92 Å². The summed E-state index contributed by atoms with van der Waals surface area (Å²) in [5.74, 6) is 1.30. The quantitative estimate of drug-likeness (QED) is 0.824. The van der Waals surface area contributed by atoms with Crippen LogP contribution in [0.4, 0.5) is 0 Å². The highest BCUT2D eigenvalue weighted by Gasteiger charge is 2.24. The summed E-state index contributed by atoms with van der Waals surface area (Å²) in [5, 5.41) is 10.1. The third-order valence-electron chi connectivity index (χ3n) is 3.30. The van der Waals surface area contributed by atoms with Gasteiger partial charge >= 0.3 is 0 Å². The van der Waals surface area contributed by atoms with Gasteiger partial charge in [0, 0.05) is 0 Å². The van der Waals surface area contributed by atoms with Gasteiger partial charge in [0.15, 0.2) is 0 Å². The van der Waals surface area contributed by atoms with E-state index < -0.39 is 0 Å². The first-order valence-electron chi connectivity index (χ1n) is 5.63. The summed E-state index contributed by atoms with van der Waals surface area (Å²) in [6.07, 6.45) is 4.55. The number of aliphatic hydroxyl groups is 1. The third kappa shape index (κ3) is 2.32. The molecule has 2 heteroatoms. The van der Waals surface area contributed by atoms with Crippen LogP contribution in [-0.4, -0.2) is 12.2 Å². The van der Waals surface area contributed by atoms with Gasteiger partial charge in [-0.2, -0.15) is 0 Å². The Kier molecular flexibility index (Phi) is 3.27. The Morgan fingerprint density at radius 2 is 1.80 bits per heavy atom. The molecule has 0 aromatic heterocycles. The maximum Gasteiger partial charge on any atom is 0.118 e. The molecule has 1 saturated carbocycles. The van der Waals surface area contributed by atoms with Crippen molar-refractivity contribution < 1.29 is 9.84 Å². The molecular weight excluding hydrogens is 188 g/mol. The molecule has 15 heavy (non-hydrogen) atoms. The third-order valence-corrected chi connectivity index (χ3v) is 3.30. The van der Waals surface area contributed by atoms with E-state index in [1.54, 1.807) is 7.11 Å². The number of rotatable bonds is 3. The first-order valence-corrected chi connectivity index (χ1v) is 5.63. The van der Waals surface area contributed by atoms with Gasteiger partial charge in [0.25, 0.3) is 0 Å². The lowest BCUT2D eigenvalue weighted by molar-refractivity contribution is 0.111.